The Morgan fingerprint density at radius 3 is 2.69 bits per heavy atom. The van der Waals surface area contributed by atoms with E-state index >= 15 is 0 Å². The van der Waals surface area contributed by atoms with Crippen molar-refractivity contribution in [2.45, 2.75) is 43.3 Å². The van der Waals surface area contributed by atoms with Crippen molar-refractivity contribution >= 4 is 29.0 Å². The van der Waals surface area contributed by atoms with Crippen LogP contribution in [0.4, 0.5) is 0 Å². The van der Waals surface area contributed by atoms with Gasteiger partial charge in [-0.3, -0.25) is 4.79 Å². The normalized spacial score (nSPS) is 15.1. The molecule has 1 aliphatic heterocycles. The molecule has 1 N–H and O–H groups in total. The van der Waals surface area contributed by atoms with Crippen molar-refractivity contribution in [2.75, 3.05) is 26.2 Å². The minimum Gasteiger partial charge on any atom is -0.352 e. The molecule has 6 heteroatoms. The van der Waals surface area contributed by atoms with Crippen molar-refractivity contribution in [1.82, 2.24) is 15.2 Å². The maximum absolute atomic E-state index is 12.2. The van der Waals surface area contributed by atoms with Gasteiger partial charge in [0.25, 0.3) is 5.91 Å². The third-order valence-corrected chi connectivity index (χ3v) is 6.42. The lowest BCUT2D eigenvalue weighted by Crippen LogP contribution is -2.33. The van der Waals surface area contributed by atoms with Gasteiger partial charge >= 0.3 is 0 Å². The van der Waals surface area contributed by atoms with Crippen molar-refractivity contribution in [3.63, 3.8) is 0 Å². The number of nitrogens with zero attached hydrogens (tertiary/aromatic N) is 2. The smallest absolute Gasteiger partial charge is 0.251 e. The molecule has 2 aromatic rings. The Morgan fingerprint density at radius 1 is 1.23 bits per heavy atom. The Balaban J connectivity index is 1.37. The number of nitrogens with one attached hydrogen (secondary N) is 1. The predicted molar refractivity (Wildman–Crippen MR) is 110 cm³/mol. The number of piperidine rings is 1. The van der Waals surface area contributed by atoms with Crippen LogP contribution in [0.2, 0.25) is 0 Å². The van der Waals surface area contributed by atoms with Crippen molar-refractivity contribution < 1.29 is 4.79 Å². The molecule has 1 fully saturated rings. The first-order chi connectivity index (χ1) is 12.7. The molecule has 1 aliphatic rings. The Hall–Kier alpha value is -1.37. The molecular weight excluding hydrogens is 362 g/mol. The van der Waals surface area contributed by atoms with Gasteiger partial charge in [-0.1, -0.05) is 6.42 Å². The van der Waals surface area contributed by atoms with Crippen molar-refractivity contribution in [3.8, 4) is 0 Å². The third-order valence-electron chi connectivity index (χ3n) is 4.56. The van der Waals surface area contributed by atoms with Gasteiger partial charge in [-0.25, -0.2) is 4.98 Å². The van der Waals surface area contributed by atoms with E-state index in [0.29, 0.717) is 0 Å². The molecule has 1 aromatic carbocycles. The van der Waals surface area contributed by atoms with Crippen LogP contribution < -0.4 is 5.32 Å². The molecule has 140 valence electrons. The highest BCUT2D eigenvalue weighted by Gasteiger charge is 2.10. The predicted octanol–water partition coefficient (Wildman–Crippen LogP) is 4.35. The van der Waals surface area contributed by atoms with Crippen molar-refractivity contribution in [2.24, 2.45) is 0 Å². The van der Waals surface area contributed by atoms with Crippen LogP contribution in [0.3, 0.4) is 0 Å². The highest BCUT2D eigenvalue weighted by atomic mass is 32.2. The molecule has 0 unspecified atom stereocenters. The number of thioether (sulfide) groups is 1. The monoisotopic (exact) mass is 389 g/mol. The number of aryl methyl sites for hydroxylation is 1. The van der Waals surface area contributed by atoms with Gasteiger partial charge in [-0.05, 0) is 70.1 Å². The van der Waals surface area contributed by atoms with E-state index in [2.05, 4.69) is 20.6 Å². The number of rotatable bonds is 8. The fraction of sp³-hybridized carbons (Fsp3) is 0.500. The summed E-state index contributed by atoms with van der Waals surface area (Å²) in [5.41, 5.74) is 1.85. The van der Waals surface area contributed by atoms with E-state index < -0.39 is 0 Å². The molecule has 4 nitrogen and oxygen atoms in total. The van der Waals surface area contributed by atoms with Gasteiger partial charge in [0.2, 0.25) is 0 Å². The highest BCUT2D eigenvalue weighted by Crippen LogP contribution is 2.23. The van der Waals surface area contributed by atoms with E-state index in [0.717, 1.165) is 46.4 Å². The average molecular weight is 390 g/mol. The van der Waals surface area contributed by atoms with Gasteiger partial charge in [-0.15, -0.1) is 23.1 Å². The van der Waals surface area contributed by atoms with Crippen LogP contribution >= 0.6 is 23.1 Å². The maximum Gasteiger partial charge on any atom is 0.251 e. The summed E-state index contributed by atoms with van der Waals surface area (Å²) in [4.78, 5) is 20.4. The summed E-state index contributed by atoms with van der Waals surface area (Å²) >= 11 is 3.44. The zero-order valence-electron chi connectivity index (χ0n) is 15.4. The molecule has 0 radical (unpaired) electrons. The van der Waals surface area contributed by atoms with Gasteiger partial charge in [-0.2, -0.15) is 0 Å². The summed E-state index contributed by atoms with van der Waals surface area (Å²) in [6, 6.07) is 7.86. The number of carbonyl (C=O) groups is 1. The molecule has 2 heterocycles. The van der Waals surface area contributed by atoms with Crippen LogP contribution in [0.1, 0.15) is 46.7 Å². The van der Waals surface area contributed by atoms with Crippen LogP contribution in [-0.4, -0.2) is 42.0 Å². The first-order valence-electron chi connectivity index (χ1n) is 9.35. The second-order valence-electron chi connectivity index (χ2n) is 6.68. The van der Waals surface area contributed by atoms with Crippen LogP contribution in [-0.2, 0) is 5.75 Å². The van der Waals surface area contributed by atoms with E-state index in [1.54, 1.807) is 23.1 Å². The molecule has 0 atom stereocenters. The summed E-state index contributed by atoms with van der Waals surface area (Å²) in [5.74, 6) is 0.891. The molecule has 0 aliphatic carbocycles. The van der Waals surface area contributed by atoms with Crippen LogP contribution in [0, 0.1) is 6.92 Å². The van der Waals surface area contributed by atoms with E-state index in [4.69, 9.17) is 0 Å². The lowest BCUT2D eigenvalue weighted by atomic mass is 10.1. The topological polar surface area (TPSA) is 45.2 Å². The maximum atomic E-state index is 12.2. The van der Waals surface area contributed by atoms with Gasteiger partial charge in [0.05, 0.1) is 10.7 Å². The Morgan fingerprint density at radius 2 is 2.00 bits per heavy atom. The minimum atomic E-state index is 0.0234. The fourth-order valence-corrected chi connectivity index (χ4v) is 4.63. The number of likely N-dealkylation sites (tertiary alicyclic amines) is 1. The minimum absolute atomic E-state index is 0.0234. The number of benzene rings is 1. The number of aromatic nitrogens is 1. The Labute approximate surface area is 164 Å². The first kappa shape index (κ1) is 19.4. The second-order valence-corrected chi connectivity index (χ2v) is 8.79. The summed E-state index contributed by atoms with van der Waals surface area (Å²) in [7, 11) is 0. The van der Waals surface area contributed by atoms with Gasteiger partial charge in [0.1, 0.15) is 0 Å². The second kappa shape index (κ2) is 10.1. The quantitative estimate of drug-likeness (QED) is 0.538. The lowest BCUT2D eigenvalue weighted by Gasteiger charge is -2.26. The zero-order valence-corrected chi connectivity index (χ0v) is 17.0. The number of thiazole rings is 1. The number of hydrogen-bond donors (Lipinski definition) is 1. The fourth-order valence-electron chi connectivity index (χ4n) is 3.12. The van der Waals surface area contributed by atoms with E-state index in [1.165, 1.54) is 32.4 Å². The number of carbonyl (C=O) groups excluding carboxylic acids is 1. The van der Waals surface area contributed by atoms with E-state index in [-0.39, 0.29) is 5.91 Å². The number of amides is 1. The molecular formula is C20H27N3OS2. The summed E-state index contributed by atoms with van der Waals surface area (Å²) in [6.07, 6.45) is 5.02. The summed E-state index contributed by atoms with van der Waals surface area (Å²) in [5, 5.41) is 6.25. The zero-order chi connectivity index (χ0) is 18.2. The molecule has 1 saturated heterocycles. The lowest BCUT2D eigenvalue weighted by molar-refractivity contribution is 0.0951. The largest absolute Gasteiger partial charge is 0.352 e. The molecule has 26 heavy (non-hydrogen) atoms. The molecule has 0 bridgehead atoms. The SMILES string of the molecule is Cc1nc(CSc2ccc(C(=O)NCCCN3CCCCC3)cc2)cs1. The molecule has 0 spiro atoms. The van der Waals surface area contributed by atoms with Gasteiger partial charge in [0.15, 0.2) is 0 Å². The van der Waals surface area contributed by atoms with Crippen LogP contribution in [0.5, 0.6) is 0 Å². The Bertz CT molecular complexity index is 693. The average Bonchev–Trinajstić information content (AvgIpc) is 3.10. The molecule has 0 saturated carbocycles. The molecule has 1 amide bonds. The third kappa shape index (κ3) is 6.11. The van der Waals surface area contributed by atoms with E-state index in [1.807, 2.05) is 31.2 Å². The standard InChI is InChI=1S/C20H27N3OS2/c1-16-22-18(14-25-16)15-26-19-8-6-17(7-9-19)20(24)21-10-5-13-23-11-3-2-4-12-23/h6-9,14H,2-5,10-13,15H2,1H3,(H,21,24). The summed E-state index contributed by atoms with van der Waals surface area (Å²) < 4.78 is 0. The van der Waals surface area contributed by atoms with Gasteiger partial charge < -0.3 is 10.2 Å². The first-order valence-corrected chi connectivity index (χ1v) is 11.2. The summed E-state index contributed by atoms with van der Waals surface area (Å²) in [6.45, 7) is 6.29. The highest BCUT2D eigenvalue weighted by molar-refractivity contribution is 7.98. The number of hydrogen-bond acceptors (Lipinski definition) is 5. The Kier molecular flexibility index (Phi) is 7.53. The molecule has 1 aromatic heterocycles. The van der Waals surface area contributed by atoms with Crippen LogP contribution in [0.15, 0.2) is 34.5 Å². The van der Waals surface area contributed by atoms with Crippen molar-refractivity contribution in [3.05, 3.63) is 45.9 Å². The molecule has 3 rings (SSSR count). The van der Waals surface area contributed by atoms with Crippen molar-refractivity contribution in [1.29, 1.82) is 0 Å². The van der Waals surface area contributed by atoms with Gasteiger partial charge in [0, 0.05) is 28.1 Å². The van der Waals surface area contributed by atoms with E-state index in [9.17, 15) is 4.79 Å². The van der Waals surface area contributed by atoms with Crippen LogP contribution in [0.25, 0.3) is 0 Å².